The summed E-state index contributed by atoms with van der Waals surface area (Å²) in [7, 11) is 0. The highest BCUT2D eigenvalue weighted by Crippen LogP contribution is 1.93. The van der Waals surface area contributed by atoms with Crippen LogP contribution in [-0.4, -0.2) is 31.0 Å². The molecule has 72 valence electrons. The van der Waals surface area contributed by atoms with E-state index in [4.69, 9.17) is 16.3 Å². The molecule has 0 saturated carbocycles. The van der Waals surface area contributed by atoms with Gasteiger partial charge in [-0.25, -0.2) is 0 Å². The molecule has 12 heavy (non-hydrogen) atoms. The van der Waals surface area contributed by atoms with Crippen LogP contribution in [0.3, 0.4) is 0 Å². The molecule has 1 N–H and O–H groups in total. The zero-order valence-corrected chi connectivity index (χ0v) is 8.36. The van der Waals surface area contributed by atoms with Crippen LogP contribution in [0, 0.1) is 0 Å². The Morgan fingerprint density at radius 1 is 1.58 bits per heavy atom. The van der Waals surface area contributed by atoms with Gasteiger partial charge in [0, 0.05) is 18.5 Å². The van der Waals surface area contributed by atoms with E-state index < -0.39 is 0 Å². The van der Waals surface area contributed by atoms with Gasteiger partial charge in [-0.05, 0) is 13.3 Å². The Hall–Kier alpha value is -0.280. The summed E-state index contributed by atoms with van der Waals surface area (Å²) < 4.78 is 4.93. The Balaban J connectivity index is 3.52. The van der Waals surface area contributed by atoms with Crippen molar-refractivity contribution in [3.05, 3.63) is 0 Å². The smallest absolute Gasteiger partial charge is 0.246 e. The molecule has 4 heteroatoms. The summed E-state index contributed by atoms with van der Waals surface area (Å²) >= 11 is 5.59. The van der Waals surface area contributed by atoms with Crippen LogP contribution >= 0.6 is 11.6 Å². The third-order valence-corrected chi connectivity index (χ3v) is 1.85. The van der Waals surface area contributed by atoms with Gasteiger partial charge in [-0.3, -0.25) is 4.79 Å². The minimum absolute atomic E-state index is 0.0691. The fourth-order valence-corrected chi connectivity index (χ4v) is 1.01. The molecule has 0 aliphatic rings. The van der Waals surface area contributed by atoms with E-state index in [0.29, 0.717) is 12.5 Å². The molecular weight excluding hydrogens is 178 g/mol. The second-order valence-corrected chi connectivity index (χ2v) is 2.77. The van der Waals surface area contributed by atoms with Gasteiger partial charge in [-0.2, -0.15) is 0 Å². The minimum Gasteiger partial charge on any atom is -0.372 e. The summed E-state index contributed by atoms with van der Waals surface area (Å²) in [6.07, 6.45) is 0.849. The SMILES string of the molecule is CCOCC(=O)NC(CC)CCl. The van der Waals surface area contributed by atoms with E-state index in [1.165, 1.54) is 0 Å². The predicted molar refractivity (Wildman–Crippen MR) is 49.4 cm³/mol. The topological polar surface area (TPSA) is 38.3 Å². The van der Waals surface area contributed by atoms with Crippen molar-refractivity contribution in [2.45, 2.75) is 26.3 Å². The molecule has 0 aliphatic carbocycles. The van der Waals surface area contributed by atoms with Crippen LogP contribution in [0.2, 0.25) is 0 Å². The van der Waals surface area contributed by atoms with Crippen LogP contribution in [0.25, 0.3) is 0 Å². The number of ether oxygens (including phenoxy) is 1. The molecular formula is C8H16ClNO2. The van der Waals surface area contributed by atoms with E-state index in [1.807, 2.05) is 13.8 Å². The third-order valence-electron chi connectivity index (χ3n) is 1.48. The summed E-state index contributed by atoms with van der Waals surface area (Å²) in [5.41, 5.74) is 0. The molecule has 1 atom stereocenters. The van der Waals surface area contributed by atoms with Gasteiger partial charge in [0.1, 0.15) is 6.61 Å². The molecule has 0 aromatic carbocycles. The van der Waals surface area contributed by atoms with Crippen LogP contribution in [0.1, 0.15) is 20.3 Å². The lowest BCUT2D eigenvalue weighted by molar-refractivity contribution is -0.126. The summed E-state index contributed by atoms with van der Waals surface area (Å²) in [4.78, 5) is 11.0. The number of hydrogen-bond donors (Lipinski definition) is 1. The summed E-state index contributed by atoms with van der Waals surface area (Å²) in [5.74, 6) is 0.360. The first-order valence-corrected chi connectivity index (χ1v) is 4.71. The molecule has 3 nitrogen and oxygen atoms in total. The van der Waals surface area contributed by atoms with Crippen molar-refractivity contribution < 1.29 is 9.53 Å². The lowest BCUT2D eigenvalue weighted by Gasteiger charge is -2.13. The van der Waals surface area contributed by atoms with Crippen molar-refractivity contribution in [2.24, 2.45) is 0 Å². The van der Waals surface area contributed by atoms with E-state index >= 15 is 0 Å². The van der Waals surface area contributed by atoms with Gasteiger partial charge in [0.15, 0.2) is 0 Å². The maximum absolute atomic E-state index is 11.0. The quantitative estimate of drug-likeness (QED) is 0.643. The first-order valence-electron chi connectivity index (χ1n) is 4.17. The number of carbonyl (C=O) groups is 1. The Kier molecular flexibility index (Phi) is 7.20. The van der Waals surface area contributed by atoms with Crippen molar-refractivity contribution in [1.29, 1.82) is 0 Å². The molecule has 0 radical (unpaired) electrons. The third kappa shape index (κ3) is 5.38. The Labute approximate surface area is 78.4 Å². The van der Waals surface area contributed by atoms with Gasteiger partial charge in [-0.15, -0.1) is 11.6 Å². The highest BCUT2D eigenvalue weighted by atomic mass is 35.5. The maximum atomic E-state index is 11.0. The average Bonchev–Trinajstić information content (AvgIpc) is 2.10. The lowest BCUT2D eigenvalue weighted by Crippen LogP contribution is -2.37. The first kappa shape index (κ1) is 11.7. The van der Waals surface area contributed by atoms with E-state index in [0.717, 1.165) is 6.42 Å². The highest BCUT2D eigenvalue weighted by molar-refractivity contribution is 6.18. The molecule has 1 amide bonds. The summed E-state index contributed by atoms with van der Waals surface area (Å²) in [6, 6.07) is 0.0691. The second-order valence-electron chi connectivity index (χ2n) is 2.46. The van der Waals surface area contributed by atoms with Crippen molar-refractivity contribution in [1.82, 2.24) is 5.32 Å². The van der Waals surface area contributed by atoms with E-state index in [-0.39, 0.29) is 18.6 Å². The number of carbonyl (C=O) groups excluding carboxylic acids is 1. The van der Waals surface area contributed by atoms with Crippen LogP contribution in [0.15, 0.2) is 0 Å². The summed E-state index contributed by atoms with van der Waals surface area (Å²) in [6.45, 7) is 4.52. The molecule has 0 heterocycles. The molecule has 1 unspecified atom stereocenters. The molecule has 0 aliphatic heterocycles. The number of halogens is 1. The fraction of sp³-hybridized carbons (Fsp3) is 0.875. The van der Waals surface area contributed by atoms with Gasteiger partial charge in [0.25, 0.3) is 0 Å². The molecule has 0 aromatic rings. The zero-order valence-electron chi connectivity index (χ0n) is 7.60. The number of amides is 1. The second kappa shape index (κ2) is 7.37. The van der Waals surface area contributed by atoms with Crippen molar-refractivity contribution >= 4 is 17.5 Å². The molecule has 0 fully saturated rings. The van der Waals surface area contributed by atoms with Gasteiger partial charge < -0.3 is 10.1 Å². The first-order chi connectivity index (χ1) is 5.74. The largest absolute Gasteiger partial charge is 0.372 e. The van der Waals surface area contributed by atoms with Crippen LogP contribution in [0.4, 0.5) is 0 Å². The van der Waals surface area contributed by atoms with Gasteiger partial charge in [-0.1, -0.05) is 6.92 Å². The number of rotatable bonds is 6. The van der Waals surface area contributed by atoms with E-state index in [9.17, 15) is 4.79 Å². The monoisotopic (exact) mass is 193 g/mol. The van der Waals surface area contributed by atoms with E-state index in [1.54, 1.807) is 0 Å². The molecule has 0 bridgehead atoms. The van der Waals surface area contributed by atoms with Crippen molar-refractivity contribution in [2.75, 3.05) is 19.1 Å². The van der Waals surface area contributed by atoms with Crippen LogP contribution < -0.4 is 5.32 Å². The number of hydrogen-bond acceptors (Lipinski definition) is 2. The van der Waals surface area contributed by atoms with Crippen LogP contribution in [-0.2, 0) is 9.53 Å². The zero-order chi connectivity index (χ0) is 9.40. The maximum Gasteiger partial charge on any atom is 0.246 e. The Morgan fingerprint density at radius 3 is 2.67 bits per heavy atom. The molecule has 0 spiro atoms. The number of nitrogens with one attached hydrogen (secondary N) is 1. The van der Waals surface area contributed by atoms with Gasteiger partial charge in [0.2, 0.25) is 5.91 Å². The van der Waals surface area contributed by atoms with E-state index in [2.05, 4.69) is 5.32 Å². The molecule has 0 aromatic heterocycles. The van der Waals surface area contributed by atoms with Crippen molar-refractivity contribution in [3.8, 4) is 0 Å². The predicted octanol–water partition coefficient (Wildman–Crippen LogP) is 1.16. The average molecular weight is 194 g/mol. The molecule has 0 saturated heterocycles. The lowest BCUT2D eigenvalue weighted by atomic mass is 10.2. The molecule has 0 rings (SSSR count). The number of alkyl halides is 1. The normalized spacial score (nSPS) is 12.6. The van der Waals surface area contributed by atoms with Gasteiger partial charge >= 0.3 is 0 Å². The van der Waals surface area contributed by atoms with Crippen molar-refractivity contribution in [3.63, 3.8) is 0 Å². The Morgan fingerprint density at radius 2 is 2.25 bits per heavy atom. The highest BCUT2D eigenvalue weighted by Gasteiger charge is 2.07. The standard InChI is InChI=1S/C8H16ClNO2/c1-3-7(5-9)10-8(11)6-12-4-2/h7H,3-6H2,1-2H3,(H,10,11). The Bertz CT molecular complexity index is 126. The minimum atomic E-state index is -0.0932. The van der Waals surface area contributed by atoms with Crippen LogP contribution in [0.5, 0.6) is 0 Å². The summed E-state index contributed by atoms with van der Waals surface area (Å²) in [5, 5.41) is 2.76. The fourth-order valence-electron chi connectivity index (χ4n) is 0.714. The van der Waals surface area contributed by atoms with Gasteiger partial charge in [0.05, 0.1) is 0 Å².